The molecule has 0 heterocycles. The van der Waals surface area contributed by atoms with Gasteiger partial charge in [-0.1, -0.05) is 269 Å². The molecule has 0 unspecified atom stereocenters. The molecule has 0 saturated heterocycles. The van der Waals surface area contributed by atoms with Crippen molar-refractivity contribution in [1.82, 2.24) is 0 Å². The number of nitrogens with two attached hydrogens (primary N) is 2. The van der Waals surface area contributed by atoms with Gasteiger partial charge in [-0.15, -0.1) is 17.5 Å². The number of nitrogen functional groups attached to an aromatic ring is 2. The second-order valence-electron chi connectivity index (χ2n) is 22.5. The second-order valence-corrected chi connectivity index (χ2v) is 39.7. The Bertz CT molecular complexity index is 3050. The van der Waals surface area contributed by atoms with Crippen LogP contribution in [0.4, 0.5) is 22.7 Å². The number of hydrogen-bond donors (Lipinski definition) is 2. The number of anilines is 2. The molecule has 0 atom stereocenters. The first-order valence-corrected chi connectivity index (χ1v) is 40.6. The molecule has 0 radical (unpaired) electrons. The summed E-state index contributed by atoms with van der Waals surface area (Å²) in [7, 11) is 6.12. The Morgan fingerprint density at radius 3 is 0.951 bits per heavy atom. The van der Waals surface area contributed by atoms with Crippen LogP contribution in [0.15, 0.2) is 211 Å². The molecule has 0 bridgehead atoms. The van der Waals surface area contributed by atoms with Gasteiger partial charge in [-0.05, 0) is 86.6 Å². The van der Waals surface area contributed by atoms with Crippen LogP contribution in [0, 0.1) is 43.7 Å². The van der Waals surface area contributed by atoms with Crippen molar-refractivity contribution in [3.05, 3.63) is 248 Å². The maximum absolute atomic E-state index is 11.2. The van der Waals surface area contributed by atoms with Gasteiger partial charge in [0.1, 0.15) is 16.1 Å². The molecular weight excluding hydrogens is 1290 g/mol. The van der Waals surface area contributed by atoms with Crippen LogP contribution in [-0.2, 0) is 26.8 Å². The van der Waals surface area contributed by atoms with E-state index in [-0.39, 0.29) is 43.1 Å². The molecule has 8 nitrogen and oxygen atoms in total. The predicted molar refractivity (Wildman–Crippen MR) is 365 cm³/mol. The van der Waals surface area contributed by atoms with Crippen molar-refractivity contribution in [2.45, 2.75) is 91.7 Å². The fourth-order valence-corrected chi connectivity index (χ4v) is 12.9. The van der Waals surface area contributed by atoms with Gasteiger partial charge in [-0.3, -0.25) is 20.2 Å². The molecule has 0 spiro atoms. The van der Waals surface area contributed by atoms with E-state index in [1.54, 1.807) is 12.1 Å². The molecule has 0 aliphatic carbocycles. The van der Waals surface area contributed by atoms with Gasteiger partial charge in [0.05, 0.1) is 21.2 Å². The average molecular weight is 1360 g/mol. The van der Waals surface area contributed by atoms with E-state index in [1.807, 2.05) is 41.5 Å². The summed E-state index contributed by atoms with van der Waals surface area (Å²) in [5, 5.41) is 30.4. The smallest absolute Gasteiger partial charge is 0.0134 e. The number of rotatable bonds is 8. The van der Waals surface area contributed by atoms with Crippen LogP contribution >= 0.6 is 50.8 Å². The van der Waals surface area contributed by atoms with Gasteiger partial charge in [0.25, 0.3) is 11.4 Å². The Morgan fingerprint density at radius 1 is 0.488 bits per heavy atom. The van der Waals surface area contributed by atoms with Crippen molar-refractivity contribution in [2.24, 2.45) is 0 Å². The molecule has 4 N–H and O–H groups in total. The first-order chi connectivity index (χ1) is 38.5. The third kappa shape index (κ3) is 24.6. The zero-order valence-electron chi connectivity index (χ0n) is 48.7. The van der Waals surface area contributed by atoms with Gasteiger partial charge in [0.2, 0.25) is 0 Å². The molecule has 0 aliphatic rings. The zero-order chi connectivity index (χ0) is 61.3. The van der Waals surface area contributed by atoms with Gasteiger partial charge in [-0.2, -0.15) is 0 Å². The predicted octanol–water partition coefficient (Wildman–Crippen LogP) is 16.7. The summed E-state index contributed by atoms with van der Waals surface area (Å²) in [5.41, 5.74) is 19.8. The monoisotopic (exact) mass is 1360 g/mol. The van der Waals surface area contributed by atoms with Crippen LogP contribution in [0.25, 0.3) is 0 Å². The van der Waals surface area contributed by atoms with E-state index in [4.69, 9.17) is 36.9 Å². The molecule has 8 aromatic carbocycles. The number of nitrogens with zero attached hydrogens (tertiary/aromatic N) is 2. The summed E-state index contributed by atoms with van der Waals surface area (Å²) < 4.78 is 0.693. The minimum atomic E-state index is -1.51. The van der Waals surface area contributed by atoms with Crippen molar-refractivity contribution >= 4 is 122 Å². The van der Waals surface area contributed by atoms with Crippen LogP contribution in [0.3, 0.4) is 0 Å². The van der Waals surface area contributed by atoms with Crippen molar-refractivity contribution in [1.29, 1.82) is 0 Å². The van der Waals surface area contributed by atoms with Gasteiger partial charge in [0.15, 0.2) is 0 Å². The Balaban J connectivity index is 0.000000274. The Labute approximate surface area is 517 Å². The number of halogens is 3. The Morgan fingerprint density at radius 2 is 0.732 bits per heavy atom. The summed E-state index contributed by atoms with van der Waals surface area (Å²) >= 11 is 3.17. The number of benzene rings is 8. The first kappa shape index (κ1) is 70.6. The fourth-order valence-electron chi connectivity index (χ4n) is 7.41. The van der Waals surface area contributed by atoms with Crippen molar-refractivity contribution in [3.63, 3.8) is 0 Å². The van der Waals surface area contributed by atoms with Crippen molar-refractivity contribution in [2.75, 3.05) is 11.5 Å². The third-order valence-corrected chi connectivity index (χ3v) is 18.7. The Kier molecular flexibility index (Phi) is 29.4. The molecule has 0 aliphatic heterocycles. The summed E-state index contributed by atoms with van der Waals surface area (Å²) in [4.78, 5) is 21.3. The number of nitro groups is 2. The van der Waals surface area contributed by atoms with Gasteiger partial charge in [-0.25, -0.2) is 0 Å². The van der Waals surface area contributed by atoms with Crippen LogP contribution in [0.2, 0.25) is 39.3 Å². The standard InChI is InChI=1S/2C18H15P.C15H22N2O2Si.C10H13BrN2O2.C5H10Si.2ClH.Pd/c2*1-4-10-16(11-5-1)19(17-12-6-2-7-13-17)18-14-8-3-9-15-18;1-15(2,3)12-9-11(7-8-20(4,5)6)13(16)10-14(12)17(18)19;1-10(2,3)6-4-7(11)8(12)5-9(6)13(14)15;1-5-6(2,3)4;;;/h2*1-15H;9-10H,16H2,1-6H3;4-5H,12H2,1-3H3;1H,2-4H3;2*1H;/q;;;;;;;+2/p-2. The summed E-state index contributed by atoms with van der Waals surface area (Å²) in [6, 6.07) is 71.0. The van der Waals surface area contributed by atoms with E-state index in [2.05, 4.69) is 254 Å². The average Bonchev–Trinajstić information content (AvgIpc) is 3.65. The normalized spacial score (nSPS) is 10.9. The van der Waals surface area contributed by atoms with E-state index in [1.165, 1.54) is 44.0 Å². The summed E-state index contributed by atoms with van der Waals surface area (Å²) in [5.74, 6) is 3.10. The molecule has 432 valence electrons. The molecule has 82 heavy (non-hydrogen) atoms. The van der Waals surface area contributed by atoms with Gasteiger partial charge < -0.3 is 11.5 Å². The van der Waals surface area contributed by atoms with E-state index in [0.717, 1.165) is 0 Å². The molecule has 0 saturated carbocycles. The number of hydrogen-bond acceptors (Lipinski definition) is 6. The maximum Gasteiger partial charge on any atom is -0.0134 e. The molecule has 0 fully saturated rings. The topological polar surface area (TPSA) is 138 Å². The molecule has 8 aromatic rings. The first-order valence-electron chi connectivity index (χ1n) is 26.1. The molecule has 0 aromatic heterocycles. The molecule has 0 amide bonds. The fraction of sp³-hybridized carbons (Fsp3) is 0.212. The van der Waals surface area contributed by atoms with Gasteiger partial charge in [0, 0.05) is 33.3 Å². The van der Waals surface area contributed by atoms with E-state index in [0.29, 0.717) is 32.5 Å². The van der Waals surface area contributed by atoms with Crippen molar-refractivity contribution in [3.8, 4) is 23.4 Å². The molecule has 8 rings (SSSR count). The summed E-state index contributed by atoms with van der Waals surface area (Å²) in [6.07, 6.45) is 5.12. The minimum absolute atomic E-state index is 0.0635. The summed E-state index contributed by atoms with van der Waals surface area (Å²) in [6.45, 7) is 24.5. The quantitative estimate of drug-likeness (QED) is 0.0388. The van der Waals surface area contributed by atoms with Crippen molar-refractivity contribution < 1.29 is 25.8 Å². The minimum Gasteiger partial charge on any atom is -0.0622 e. The van der Waals surface area contributed by atoms with Crippen LogP contribution < -0.4 is 43.3 Å². The number of nitro benzene ring substituents is 2. The maximum atomic E-state index is 11.2. The van der Waals surface area contributed by atoms with Crippen LogP contribution in [-0.4, -0.2) is 26.0 Å². The molecule has 16 heteroatoms. The number of terminal acetylenes is 1. The van der Waals surface area contributed by atoms with E-state index in [9.17, 15) is 20.2 Å². The zero-order valence-corrected chi connectivity index (χ0v) is 57.2. The van der Waals surface area contributed by atoms with E-state index >= 15 is 0 Å². The Hall–Kier alpha value is -5.70. The third-order valence-electron chi connectivity index (χ3n) is 11.4. The van der Waals surface area contributed by atoms with Gasteiger partial charge >= 0.3 is 35.0 Å². The second kappa shape index (κ2) is 34.2. The molecular formula is C66H75BrCl2N4O4P2PdSi2. The van der Waals surface area contributed by atoms with E-state index < -0.39 is 36.9 Å². The van der Waals surface area contributed by atoms with Crippen LogP contribution in [0.5, 0.6) is 0 Å². The largest absolute Gasteiger partial charge is 0.0622 e. The SMILES string of the molecule is C#C[Si](C)(C)C.CC(C)(C)c1cc(Br)c(N)cc1[N+](=O)[O-].CC(C)(C)c1cc(C#C[Si](C)(C)C)c(N)cc1[N+](=O)[O-].[Cl][Pd][Cl].c1ccc(P(c2ccccc2)c2ccccc2)cc1.c1ccc(P(c2ccccc2)c2ccccc2)cc1. The van der Waals surface area contributed by atoms with Crippen LogP contribution in [0.1, 0.15) is 58.2 Å².